The van der Waals surface area contributed by atoms with E-state index in [4.69, 9.17) is 26.1 Å². The van der Waals surface area contributed by atoms with Crippen LogP contribution in [0, 0.1) is 6.92 Å². The van der Waals surface area contributed by atoms with E-state index < -0.39 is 11.2 Å². The van der Waals surface area contributed by atoms with Crippen LogP contribution in [0.5, 0.6) is 5.88 Å². The fourth-order valence-electron chi connectivity index (χ4n) is 8.57. The van der Waals surface area contributed by atoms with E-state index in [1.165, 1.54) is 23.5 Å². The molecule has 2 fully saturated rings. The number of rotatable bonds is 9. The second kappa shape index (κ2) is 14.4. The summed E-state index contributed by atoms with van der Waals surface area (Å²) in [5, 5.41) is 7.43. The van der Waals surface area contributed by atoms with Gasteiger partial charge in [-0.25, -0.2) is 24.5 Å². The number of urea groups is 1. The van der Waals surface area contributed by atoms with Crippen molar-refractivity contribution in [2.75, 3.05) is 52.3 Å². The highest BCUT2D eigenvalue weighted by molar-refractivity contribution is 6.36. The molecule has 5 heterocycles. The molecule has 2 saturated heterocycles. The highest BCUT2D eigenvalue weighted by atomic mass is 35.5. The second-order valence-corrected chi connectivity index (χ2v) is 15.1. The lowest BCUT2D eigenvalue weighted by molar-refractivity contribution is 0.114. The number of halogens is 1. The molecule has 8 rings (SSSR count). The van der Waals surface area contributed by atoms with Gasteiger partial charge in [-0.1, -0.05) is 41.9 Å². The predicted molar refractivity (Wildman–Crippen MR) is 211 cm³/mol. The number of nitrogens with one attached hydrogen (secondary N) is 2. The number of fused-ring (bicyclic) bond motifs is 2. The molecule has 55 heavy (non-hydrogen) atoms. The van der Waals surface area contributed by atoms with E-state index in [0.717, 1.165) is 89.1 Å². The molecule has 14 nitrogen and oxygen atoms in total. The minimum atomic E-state index is -0.484. The SMILES string of the molecule is COCCN1CC[C@]2(CCN([C@@H]3CCc4cc(-c5cccc(-c6cccc(Nc7ncnc8c7c(=O)n(C)c(=O)n8C)c6C)c5Cl)nc(OC)c43)C2)NC1=O. The number of carbonyl (C=O) groups excluding carboxylic acids is 1. The van der Waals surface area contributed by atoms with Gasteiger partial charge in [-0.2, -0.15) is 0 Å². The maximum absolute atomic E-state index is 13.2. The number of hydrogen-bond acceptors (Lipinski definition) is 10. The molecular formula is C40H44ClN9O5. The Morgan fingerprint density at radius 1 is 1.00 bits per heavy atom. The molecule has 2 atom stereocenters. The zero-order chi connectivity index (χ0) is 38.6. The van der Waals surface area contributed by atoms with Crippen molar-refractivity contribution >= 4 is 40.2 Å². The average Bonchev–Trinajstić information content (AvgIpc) is 3.81. The van der Waals surface area contributed by atoms with Gasteiger partial charge in [-0.3, -0.25) is 18.8 Å². The van der Waals surface area contributed by atoms with E-state index in [0.29, 0.717) is 29.9 Å². The first kappa shape index (κ1) is 36.7. The maximum Gasteiger partial charge on any atom is 0.332 e. The molecule has 3 aromatic heterocycles. The third kappa shape index (κ3) is 6.31. The van der Waals surface area contributed by atoms with Crippen LogP contribution in [0.3, 0.4) is 0 Å². The summed E-state index contributed by atoms with van der Waals surface area (Å²) in [7, 11) is 6.33. The summed E-state index contributed by atoms with van der Waals surface area (Å²) < 4.78 is 13.6. The number of carbonyl (C=O) groups is 1. The lowest BCUT2D eigenvalue weighted by Gasteiger charge is -2.40. The van der Waals surface area contributed by atoms with Crippen LogP contribution >= 0.6 is 11.6 Å². The number of benzene rings is 2. The highest BCUT2D eigenvalue weighted by Crippen LogP contribution is 2.47. The smallest absolute Gasteiger partial charge is 0.332 e. The van der Waals surface area contributed by atoms with E-state index in [1.54, 1.807) is 21.3 Å². The van der Waals surface area contributed by atoms with Crippen LogP contribution in [-0.4, -0.2) is 92.5 Å². The van der Waals surface area contributed by atoms with Gasteiger partial charge in [-0.05, 0) is 61.4 Å². The van der Waals surface area contributed by atoms with Crippen LogP contribution in [0.1, 0.15) is 42.0 Å². The number of aromatic nitrogens is 5. The molecule has 5 aromatic rings. The third-order valence-electron chi connectivity index (χ3n) is 11.6. The van der Waals surface area contributed by atoms with Gasteiger partial charge in [0.1, 0.15) is 17.5 Å². The first-order valence-electron chi connectivity index (χ1n) is 18.5. The first-order valence-corrected chi connectivity index (χ1v) is 18.9. The van der Waals surface area contributed by atoms with Crippen LogP contribution in [0.4, 0.5) is 16.3 Å². The van der Waals surface area contributed by atoms with E-state index in [1.807, 2.05) is 48.2 Å². The topological polar surface area (TPSA) is 149 Å². The molecule has 3 aliphatic rings. The Morgan fingerprint density at radius 2 is 1.76 bits per heavy atom. The fraction of sp³-hybridized carbons (Fsp3) is 0.400. The number of amides is 2. The Labute approximate surface area is 323 Å². The second-order valence-electron chi connectivity index (χ2n) is 14.7. The van der Waals surface area contributed by atoms with E-state index >= 15 is 0 Å². The summed E-state index contributed by atoms with van der Waals surface area (Å²) in [6, 6.07) is 14.0. The quantitative estimate of drug-likeness (QED) is 0.211. The van der Waals surface area contributed by atoms with Crippen LogP contribution in [0.2, 0.25) is 5.02 Å². The number of likely N-dealkylation sites (tertiary alicyclic amines) is 1. The van der Waals surface area contributed by atoms with E-state index in [-0.39, 0.29) is 28.6 Å². The highest BCUT2D eigenvalue weighted by Gasteiger charge is 2.46. The summed E-state index contributed by atoms with van der Waals surface area (Å²) in [6.07, 6.45) is 4.96. The lowest BCUT2D eigenvalue weighted by Crippen LogP contribution is -2.61. The molecule has 286 valence electrons. The zero-order valence-corrected chi connectivity index (χ0v) is 32.4. The van der Waals surface area contributed by atoms with Crippen molar-refractivity contribution in [2.45, 2.75) is 44.2 Å². The number of ether oxygens (including phenoxy) is 2. The summed E-state index contributed by atoms with van der Waals surface area (Å²) in [5.41, 5.74) is 6.20. The van der Waals surface area contributed by atoms with Gasteiger partial charge in [0.05, 0.1) is 30.0 Å². The van der Waals surface area contributed by atoms with Crippen molar-refractivity contribution in [3.05, 3.63) is 91.3 Å². The van der Waals surface area contributed by atoms with Gasteiger partial charge in [0.25, 0.3) is 5.56 Å². The maximum atomic E-state index is 13.2. The minimum Gasteiger partial charge on any atom is -0.481 e. The minimum absolute atomic E-state index is 0.0151. The van der Waals surface area contributed by atoms with Gasteiger partial charge >= 0.3 is 11.7 Å². The number of hydrogen-bond donors (Lipinski definition) is 2. The standard InChI is InChI=1S/C40H44ClN9O5/c1-23-25(8-7-11-28(23)44-34-32-35(43-22-42-34)47(2)39(53)48(3)37(32)51)26-9-6-10-27(33(26)41)29-20-24-12-13-30(31(24)36(45-29)55-5)50-17-15-40(21-50)14-16-49(18-19-54-4)38(52)46-40/h6-11,20,22,30H,12-19,21H2,1-5H3,(H,46,52)(H,42,43,44)/t30-,40-/m1/s1. The summed E-state index contributed by atoms with van der Waals surface area (Å²) in [6.45, 7) is 5.50. The molecule has 1 aliphatic carbocycles. The molecule has 0 unspecified atom stereocenters. The number of pyridine rings is 1. The summed E-state index contributed by atoms with van der Waals surface area (Å²) in [4.78, 5) is 56.7. The van der Waals surface area contributed by atoms with Gasteiger partial charge in [0, 0.05) is 75.8 Å². The Hall–Kier alpha value is -5.31. The molecule has 15 heteroatoms. The van der Waals surface area contributed by atoms with Crippen LogP contribution in [0.25, 0.3) is 33.4 Å². The van der Waals surface area contributed by atoms with Crippen LogP contribution in [0.15, 0.2) is 58.4 Å². The Bertz CT molecular complexity index is 2470. The van der Waals surface area contributed by atoms with E-state index in [9.17, 15) is 14.4 Å². The molecule has 2 amide bonds. The third-order valence-corrected chi connectivity index (χ3v) is 12.0. The molecule has 2 N–H and O–H groups in total. The largest absolute Gasteiger partial charge is 0.481 e. The van der Waals surface area contributed by atoms with Crippen molar-refractivity contribution < 1.29 is 14.3 Å². The van der Waals surface area contributed by atoms with Gasteiger partial charge in [-0.15, -0.1) is 0 Å². The monoisotopic (exact) mass is 765 g/mol. The summed E-state index contributed by atoms with van der Waals surface area (Å²) in [5.74, 6) is 0.894. The number of methoxy groups -OCH3 is 2. The zero-order valence-electron chi connectivity index (χ0n) is 31.6. The van der Waals surface area contributed by atoms with Gasteiger partial charge in [0.15, 0.2) is 5.65 Å². The Morgan fingerprint density at radius 3 is 2.55 bits per heavy atom. The molecule has 2 aromatic carbocycles. The summed E-state index contributed by atoms with van der Waals surface area (Å²) >= 11 is 7.27. The van der Waals surface area contributed by atoms with Crippen LogP contribution < -0.4 is 26.6 Å². The van der Waals surface area contributed by atoms with Crippen molar-refractivity contribution in [2.24, 2.45) is 14.1 Å². The first-order chi connectivity index (χ1) is 26.5. The van der Waals surface area contributed by atoms with Crippen molar-refractivity contribution in [3.8, 4) is 28.3 Å². The molecule has 1 spiro atoms. The van der Waals surface area contributed by atoms with E-state index in [2.05, 4.69) is 31.6 Å². The lowest BCUT2D eigenvalue weighted by atomic mass is 9.92. The van der Waals surface area contributed by atoms with Crippen molar-refractivity contribution in [3.63, 3.8) is 0 Å². The molecule has 0 saturated carbocycles. The molecule has 0 bridgehead atoms. The van der Waals surface area contributed by atoms with Gasteiger partial charge < -0.3 is 25.0 Å². The average molecular weight is 766 g/mol. The number of aryl methyl sites for hydroxylation is 2. The predicted octanol–water partition coefficient (Wildman–Crippen LogP) is 4.96. The number of anilines is 2. The van der Waals surface area contributed by atoms with Crippen LogP contribution in [-0.2, 0) is 25.3 Å². The normalized spacial score (nSPS) is 19.6. The van der Waals surface area contributed by atoms with Crippen molar-refractivity contribution in [1.29, 1.82) is 0 Å². The number of nitrogens with zero attached hydrogens (tertiary/aromatic N) is 7. The molecular weight excluding hydrogens is 722 g/mol. The molecule has 0 radical (unpaired) electrons. The van der Waals surface area contributed by atoms with Gasteiger partial charge in [0.2, 0.25) is 5.88 Å². The fourth-order valence-corrected chi connectivity index (χ4v) is 8.90. The Balaban J connectivity index is 1.07. The Kier molecular flexibility index (Phi) is 9.60. The molecule has 2 aliphatic heterocycles. The van der Waals surface area contributed by atoms with Crippen molar-refractivity contribution in [1.82, 2.24) is 39.2 Å².